The lowest BCUT2D eigenvalue weighted by molar-refractivity contribution is -0.147. The zero-order chi connectivity index (χ0) is 15.1. The fourth-order valence-corrected chi connectivity index (χ4v) is 2.65. The normalized spacial score (nSPS) is 21.1. The Labute approximate surface area is 119 Å². The molecule has 0 bridgehead atoms. The van der Waals surface area contributed by atoms with Crippen molar-refractivity contribution >= 4 is 5.97 Å². The fourth-order valence-electron chi connectivity index (χ4n) is 2.65. The third kappa shape index (κ3) is 2.47. The van der Waals surface area contributed by atoms with Gasteiger partial charge in [0.2, 0.25) is 0 Å². The SMILES string of the molecule is CC(=O)OCC1(C)CCc2c(C)c(O)c(C)c(C)c2O1. The topological polar surface area (TPSA) is 55.8 Å². The molecule has 110 valence electrons. The first-order valence-electron chi connectivity index (χ1n) is 6.89. The number of hydrogen-bond donors (Lipinski definition) is 1. The Kier molecular flexibility index (Phi) is 3.67. The van der Waals surface area contributed by atoms with Gasteiger partial charge >= 0.3 is 5.97 Å². The van der Waals surface area contributed by atoms with Crippen molar-refractivity contribution in [3.05, 3.63) is 22.3 Å². The van der Waals surface area contributed by atoms with E-state index in [1.807, 2.05) is 27.7 Å². The summed E-state index contributed by atoms with van der Waals surface area (Å²) in [6.45, 7) is 9.36. The maximum Gasteiger partial charge on any atom is 0.302 e. The van der Waals surface area contributed by atoms with E-state index in [4.69, 9.17) is 9.47 Å². The van der Waals surface area contributed by atoms with Crippen molar-refractivity contribution in [2.75, 3.05) is 6.61 Å². The number of fused-ring (bicyclic) bond motifs is 1. The third-order valence-corrected chi connectivity index (χ3v) is 4.17. The first-order chi connectivity index (χ1) is 9.25. The number of rotatable bonds is 2. The van der Waals surface area contributed by atoms with E-state index in [0.29, 0.717) is 5.75 Å². The Morgan fingerprint density at radius 1 is 1.30 bits per heavy atom. The largest absolute Gasteiger partial charge is 0.507 e. The average molecular weight is 278 g/mol. The molecule has 20 heavy (non-hydrogen) atoms. The number of carbonyl (C=O) groups excluding carboxylic acids is 1. The highest BCUT2D eigenvalue weighted by Gasteiger charge is 2.35. The first kappa shape index (κ1) is 14.7. The van der Waals surface area contributed by atoms with Crippen LogP contribution < -0.4 is 4.74 Å². The molecule has 0 aromatic heterocycles. The van der Waals surface area contributed by atoms with Crippen LogP contribution in [0.15, 0.2) is 0 Å². The van der Waals surface area contributed by atoms with E-state index in [9.17, 15) is 9.90 Å². The summed E-state index contributed by atoms with van der Waals surface area (Å²) in [7, 11) is 0. The molecule has 0 fully saturated rings. The summed E-state index contributed by atoms with van der Waals surface area (Å²) in [5.41, 5.74) is 3.25. The summed E-state index contributed by atoms with van der Waals surface area (Å²) in [6.07, 6.45) is 1.57. The lowest BCUT2D eigenvalue weighted by Gasteiger charge is -2.37. The number of aromatic hydroxyl groups is 1. The molecule has 1 N–H and O–H groups in total. The van der Waals surface area contributed by atoms with Crippen molar-refractivity contribution in [1.29, 1.82) is 0 Å². The van der Waals surface area contributed by atoms with Crippen molar-refractivity contribution in [3.8, 4) is 11.5 Å². The van der Waals surface area contributed by atoms with E-state index in [-0.39, 0.29) is 12.6 Å². The fraction of sp³-hybridized carbons (Fsp3) is 0.562. The molecule has 1 unspecified atom stereocenters. The minimum absolute atomic E-state index is 0.250. The summed E-state index contributed by atoms with van der Waals surface area (Å²) in [5, 5.41) is 10.1. The minimum atomic E-state index is -0.501. The maximum atomic E-state index is 11.0. The van der Waals surface area contributed by atoms with Crippen LogP contribution in [0.1, 0.15) is 42.5 Å². The van der Waals surface area contributed by atoms with Gasteiger partial charge in [-0.05, 0) is 57.2 Å². The molecule has 0 saturated heterocycles. The molecule has 1 heterocycles. The molecule has 4 heteroatoms. The van der Waals surface area contributed by atoms with Gasteiger partial charge in [-0.25, -0.2) is 0 Å². The standard InChI is InChI=1S/C16H22O4/c1-9-10(2)15-13(11(3)14(9)18)6-7-16(5,20-15)8-19-12(4)17/h18H,6-8H2,1-5H3. The Bertz CT molecular complexity index is 562. The molecule has 1 aromatic carbocycles. The first-order valence-corrected chi connectivity index (χ1v) is 6.89. The van der Waals surface area contributed by atoms with Crippen LogP contribution in [0.25, 0.3) is 0 Å². The second kappa shape index (κ2) is 5.00. The van der Waals surface area contributed by atoms with Gasteiger partial charge in [-0.2, -0.15) is 0 Å². The van der Waals surface area contributed by atoms with E-state index >= 15 is 0 Å². The Balaban J connectivity index is 2.37. The number of benzene rings is 1. The van der Waals surface area contributed by atoms with Gasteiger partial charge in [0.25, 0.3) is 0 Å². The zero-order valence-corrected chi connectivity index (χ0v) is 12.8. The van der Waals surface area contributed by atoms with E-state index in [1.165, 1.54) is 6.92 Å². The average Bonchev–Trinajstić information content (AvgIpc) is 2.41. The van der Waals surface area contributed by atoms with Gasteiger partial charge < -0.3 is 14.6 Å². The maximum absolute atomic E-state index is 11.0. The molecular formula is C16H22O4. The number of esters is 1. The molecule has 1 aliphatic rings. The highest BCUT2D eigenvalue weighted by molar-refractivity contribution is 5.66. The number of hydrogen-bond acceptors (Lipinski definition) is 4. The van der Waals surface area contributed by atoms with Crippen LogP contribution in [-0.4, -0.2) is 23.3 Å². The van der Waals surface area contributed by atoms with Crippen LogP contribution in [0.2, 0.25) is 0 Å². The minimum Gasteiger partial charge on any atom is -0.507 e. The Morgan fingerprint density at radius 3 is 2.55 bits per heavy atom. The molecular weight excluding hydrogens is 256 g/mol. The second-order valence-electron chi connectivity index (χ2n) is 5.86. The predicted molar refractivity (Wildman–Crippen MR) is 76.3 cm³/mol. The molecule has 0 radical (unpaired) electrons. The highest BCUT2D eigenvalue weighted by Crippen LogP contribution is 2.43. The van der Waals surface area contributed by atoms with Crippen molar-refractivity contribution in [3.63, 3.8) is 0 Å². The van der Waals surface area contributed by atoms with Crippen LogP contribution in [0.4, 0.5) is 0 Å². The quantitative estimate of drug-likeness (QED) is 0.845. The van der Waals surface area contributed by atoms with Gasteiger partial charge in [-0.15, -0.1) is 0 Å². The van der Waals surface area contributed by atoms with Crippen molar-refractivity contribution < 1.29 is 19.4 Å². The second-order valence-corrected chi connectivity index (χ2v) is 5.86. The number of phenols is 1. The molecule has 1 aliphatic heterocycles. The molecule has 1 aromatic rings. The number of carbonyl (C=O) groups is 1. The lowest BCUT2D eigenvalue weighted by Crippen LogP contribution is -2.42. The van der Waals surface area contributed by atoms with Gasteiger partial charge in [0.15, 0.2) is 0 Å². The Hall–Kier alpha value is -1.71. The van der Waals surface area contributed by atoms with Gasteiger partial charge in [0, 0.05) is 12.5 Å². The van der Waals surface area contributed by atoms with Gasteiger partial charge in [0.1, 0.15) is 23.7 Å². The van der Waals surface area contributed by atoms with Crippen LogP contribution in [-0.2, 0) is 16.0 Å². The van der Waals surface area contributed by atoms with Crippen LogP contribution >= 0.6 is 0 Å². The zero-order valence-electron chi connectivity index (χ0n) is 12.8. The van der Waals surface area contributed by atoms with Crippen molar-refractivity contribution in [2.45, 2.75) is 53.1 Å². The van der Waals surface area contributed by atoms with Gasteiger partial charge in [-0.3, -0.25) is 4.79 Å². The summed E-state index contributed by atoms with van der Waals surface area (Å²) in [6, 6.07) is 0. The van der Waals surface area contributed by atoms with Crippen LogP contribution in [0.3, 0.4) is 0 Å². The van der Waals surface area contributed by atoms with E-state index in [0.717, 1.165) is 40.8 Å². The summed E-state index contributed by atoms with van der Waals surface area (Å²) >= 11 is 0. The molecule has 1 atom stereocenters. The van der Waals surface area contributed by atoms with E-state index in [1.54, 1.807) is 0 Å². The molecule has 0 spiro atoms. The number of phenolic OH excluding ortho intramolecular Hbond substituents is 1. The molecule has 4 nitrogen and oxygen atoms in total. The Morgan fingerprint density at radius 2 is 1.95 bits per heavy atom. The molecule has 2 rings (SSSR count). The molecule has 0 amide bonds. The molecule has 0 saturated carbocycles. The van der Waals surface area contributed by atoms with Gasteiger partial charge in [0.05, 0.1) is 0 Å². The summed E-state index contributed by atoms with van der Waals surface area (Å²) in [5.74, 6) is 0.891. The van der Waals surface area contributed by atoms with E-state index in [2.05, 4.69) is 0 Å². The highest BCUT2D eigenvalue weighted by atomic mass is 16.6. The smallest absolute Gasteiger partial charge is 0.302 e. The lowest BCUT2D eigenvalue weighted by atomic mass is 9.87. The predicted octanol–water partition coefficient (Wildman–Crippen LogP) is 2.96. The summed E-state index contributed by atoms with van der Waals surface area (Å²) in [4.78, 5) is 11.0. The molecule has 0 aliphatic carbocycles. The monoisotopic (exact) mass is 278 g/mol. The summed E-state index contributed by atoms with van der Waals surface area (Å²) < 4.78 is 11.2. The van der Waals surface area contributed by atoms with E-state index < -0.39 is 5.60 Å². The number of ether oxygens (including phenoxy) is 2. The third-order valence-electron chi connectivity index (χ3n) is 4.17. The van der Waals surface area contributed by atoms with Crippen LogP contribution in [0, 0.1) is 20.8 Å². The van der Waals surface area contributed by atoms with Crippen molar-refractivity contribution in [2.24, 2.45) is 0 Å². The van der Waals surface area contributed by atoms with Crippen LogP contribution in [0.5, 0.6) is 11.5 Å². The van der Waals surface area contributed by atoms with Gasteiger partial charge in [-0.1, -0.05) is 0 Å². The van der Waals surface area contributed by atoms with Crippen molar-refractivity contribution in [1.82, 2.24) is 0 Å².